The second-order valence-corrected chi connectivity index (χ2v) is 7.57. The number of aromatic hydroxyl groups is 1. The van der Waals surface area contributed by atoms with Crippen LogP contribution in [-0.4, -0.2) is 34.3 Å². The zero-order chi connectivity index (χ0) is 21.7. The molecule has 0 saturated heterocycles. The molecule has 0 aliphatic carbocycles. The van der Waals surface area contributed by atoms with Crippen molar-refractivity contribution in [3.8, 4) is 5.75 Å². The highest BCUT2D eigenvalue weighted by Gasteiger charge is 2.15. The Hall–Kier alpha value is -2.87. The molecule has 8 heteroatoms. The Kier molecular flexibility index (Phi) is 8.62. The molecule has 0 fully saturated rings. The molecule has 2 aromatic carbocycles. The first-order valence-corrected chi connectivity index (χ1v) is 9.98. The van der Waals surface area contributed by atoms with Gasteiger partial charge < -0.3 is 25.8 Å². The molecule has 1 heterocycles. The number of phenolic OH excluding ortho intramolecular Hbond substituents is 1. The third kappa shape index (κ3) is 6.07. The fourth-order valence-corrected chi connectivity index (χ4v) is 3.27. The van der Waals surface area contributed by atoms with Crippen molar-refractivity contribution in [2.24, 2.45) is 5.92 Å². The van der Waals surface area contributed by atoms with Crippen molar-refractivity contribution in [3.63, 3.8) is 0 Å². The summed E-state index contributed by atoms with van der Waals surface area (Å²) in [6.07, 6.45) is 0.738. The number of anilines is 1. The van der Waals surface area contributed by atoms with Gasteiger partial charge in [0.05, 0.1) is 18.2 Å². The molecular weight excluding hydrogens is 418 g/mol. The van der Waals surface area contributed by atoms with E-state index < -0.39 is 0 Å². The lowest BCUT2D eigenvalue weighted by atomic mass is 10.0. The fourth-order valence-electron chi connectivity index (χ4n) is 3.27. The molecule has 0 bridgehead atoms. The number of aliphatic hydroxyl groups excluding tert-OH is 1. The second-order valence-electron chi connectivity index (χ2n) is 7.57. The number of benzene rings is 2. The van der Waals surface area contributed by atoms with Crippen LogP contribution < -0.4 is 16.2 Å². The van der Waals surface area contributed by atoms with Crippen molar-refractivity contribution >= 4 is 34.9 Å². The third-order valence-electron chi connectivity index (χ3n) is 5.02. The maximum absolute atomic E-state index is 11.8. The lowest BCUT2D eigenvalue weighted by molar-refractivity contribution is -0.118. The van der Waals surface area contributed by atoms with E-state index in [1.54, 1.807) is 12.1 Å². The Morgan fingerprint density at radius 2 is 1.77 bits per heavy atom. The van der Waals surface area contributed by atoms with Gasteiger partial charge in [-0.2, -0.15) is 0 Å². The number of halogens is 1. The highest BCUT2D eigenvalue weighted by Crippen LogP contribution is 2.28. The molecule has 5 N–H and O–H groups in total. The molecule has 0 radical (unpaired) electrons. The lowest BCUT2D eigenvalue weighted by Gasteiger charge is -2.19. The highest BCUT2D eigenvalue weighted by atomic mass is 35.5. The van der Waals surface area contributed by atoms with Gasteiger partial charge in [-0.25, -0.2) is 0 Å². The number of fused-ring (bicyclic) bond motifs is 1. The summed E-state index contributed by atoms with van der Waals surface area (Å²) in [5.41, 5.74) is 2.73. The lowest BCUT2D eigenvalue weighted by Crippen LogP contribution is -2.27. The van der Waals surface area contributed by atoms with Crippen LogP contribution >= 0.6 is 12.4 Å². The van der Waals surface area contributed by atoms with Gasteiger partial charge in [0.15, 0.2) is 0 Å². The van der Waals surface area contributed by atoms with Gasteiger partial charge in [-0.1, -0.05) is 32.0 Å². The number of aromatic amines is 1. The van der Waals surface area contributed by atoms with E-state index in [2.05, 4.69) is 15.6 Å². The van der Waals surface area contributed by atoms with Gasteiger partial charge >= 0.3 is 0 Å². The third-order valence-corrected chi connectivity index (χ3v) is 5.02. The number of aromatic nitrogens is 1. The van der Waals surface area contributed by atoms with E-state index in [-0.39, 0.29) is 48.2 Å². The number of carbonyl (C=O) groups excluding carboxylic acids is 1. The summed E-state index contributed by atoms with van der Waals surface area (Å²) >= 11 is 0. The molecule has 3 rings (SSSR count). The Morgan fingerprint density at radius 1 is 1.06 bits per heavy atom. The first-order chi connectivity index (χ1) is 14.4. The number of nitrogens with one attached hydrogen (secondary N) is 3. The van der Waals surface area contributed by atoms with Crippen LogP contribution in [-0.2, 0) is 11.2 Å². The zero-order valence-corrected chi connectivity index (χ0v) is 18.3. The molecule has 1 atom stereocenters. The standard InChI is InChI=1S/C23H27N3O4.ClH/c1-14(2)23(30)25-16-5-3-15(4-6-16)11-12-24-19(13-27)17-7-9-20(28)22-18(17)8-10-21(29)26-22;/h3-10,14,19,24,27-28H,11-13H2,1-2H3,(H,25,30)(H,26,29);1H. The first kappa shape index (κ1) is 24.4. The van der Waals surface area contributed by atoms with Crippen molar-refractivity contribution < 1.29 is 15.0 Å². The molecule has 0 saturated carbocycles. The maximum Gasteiger partial charge on any atom is 0.248 e. The Morgan fingerprint density at radius 3 is 2.42 bits per heavy atom. The quantitative estimate of drug-likeness (QED) is 0.365. The van der Waals surface area contributed by atoms with E-state index in [0.29, 0.717) is 17.4 Å². The molecule has 166 valence electrons. The van der Waals surface area contributed by atoms with E-state index in [1.807, 2.05) is 38.1 Å². The van der Waals surface area contributed by atoms with E-state index >= 15 is 0 Å². The van der Waals surface area contributed by atoms with E-state index in [0.717, 1.165) is 23.2 Å². The van der Waals surface area contributed by atoms with Crippen LogP contribution in [0, 0.1) is 5.92 Å². The summed E-state index contributed by atoms with van der Waals surface area (Å²) in [5, 5.41) is 26.8. The van der Waals surface area contributed by atoms with Crippen LogP contribution in [0.2, 0.25) is 0 Å². The van der Waals surface area contributed by atoms with Crippen LogP contribution in [0.15, 0.2) is 53.3 Å². The van der Waals surface area contributed by atoms with E-state index in [4.69, 9.17) is 0 Å². The van der Waals surface area contributed by atoms with Crippen LogP contribution in [0.5, 0.6) is 5.75 Å². The van der Waals surface area contributed by atoms with E-state index in [9.17, 15) is 19.8 Å². The number of aliphatic hydroxyl groups is 1. The predicted molar refractivity (Wildman–Crippen MR) is 125 cm³/mol. The summed E-state index contributed by atoms with van der Waals surface area (Å²) in [4.78, 5) is 26.0. The molecule has 31 heavy (non-hydrogen) atoms. The van der Waals surface area contributed by atoms with Crippen molar-refractivity contribution in [2.75, 3.05) is 18.5 Å². The second kappa shape index (κ2) is 10.9. The normalized spacial score (nSPS) is 11.9. The number of H-pyrrole nitrogens is 1. The Balaban J connectivity index is 0.00000341. The summed E-state index contributed by atoms with van der Waals surface area (Å²) < 4.78 is 0. The minimum atomic E-state index is -0.344. The monoisotopic (exact) mass is 445 g/mol. The Labute approximate surface area is 186 Å². The van der Waals surface area contributed by atoms with Gasteiger partial charge in [0, 0.05) is 23.1 Å². The largest absolute Gasteiger partial charge is 0.506 e. The van der Waals surface area contributed by atoms with Crippen LogP contribution in [0.1, 0.15) is 31.0 Å². The number of rotatable bonds is 8. The molecule has 1 amide bonds. The molecule has 1 aromatic heterocycles. The minimum absolute atomic E-state index is 0. The smallest absolute Gasteiger partial charge is 0.248 e. The van der Waals surface area contributed by atoms with Gasteiger partial charge in [0.2, 0.25) is 11.5 Å². The van der Waals surface area contributed by atoms with Gasteiger partial charge in [-0.3, -0.25) is 9.59 Å². The van der Waals surface area contributed by atoms with Crippen molar-refractivity contribution in [2.45, 2.75) is 26.3 Å². The van der Waals surface area contributed by atoms with Crippen molar-refractivity contribution in [3.05, 3.63) is 70.0 Å². The maximum atomic E-state index is 11.8. The summed E-state index contributed by atoms with van der Waals surface area (Å²) in [6, 6.07) is 13.7. The number of phenols is 1. The molecule has 3 aromatic rings. The molecule has 7 nitrogen and oxygen atoms in total. The Bertz CT molecular complexity index is 1080. The molecule has 0 aliphatic heterocycles. The SMILES string of the molecule is CC(C)C(=O)Nc1ccc(CCNC(CO)c2ccc(O)c3[nH]c(=O)ccc23)cc1.Cl. The average Bonchev–Trinajstić information content (AvgIpc) is 2.73. The van der Waals surface area contributed by atoms with Gasteiger partial charge in [-0.15, -0.1) is 12.4 Å². The van der Waals surface area contributed by atoms with Gasteiger partial charge in [0.25, 0.3) is 0 Å². The molecule has 0 aliphatic rings. The molecular formula is C23H28ClN3O4. The summed E-state index contributed by atoms with van der Waals surface area (Å²) in [7, 11) is 0. The number of hydrogen-bond acceptors (Lipinski definition) is 5. The topological polar surface area (TPSA) is 114 Å². The number of amides is 1. The van der Waals surface area contributed by atoms with Crippen LogP contribution in [0.3, 0.4) is 0 Å². The summed E-state index contributed by atoms with van der Waals surface area (Å²) in [6.45, 7) is 4.19. The zero-order valence-electron chi connectivity index (χ0n) is 17.5. The van der Waals surface area contributed by atoms with Crippen molar-refractivity contribution in [1.82, 2.24) is 10.3 Å². The number of carbonyl (C=O) groups is 1. The van der Waals surface area contributed by atoms with Crippen LogP contribution in [0.25, 0.3) is 10.9 Å². The molecule has 0 spiro atoms. The van der Waals surface area contributed by atoms with Gasteiger partial charge in [-0.05, 0) is 48.4 Å². The number of hydrogen-bond donors (Lipinski definition) is 5. The van der Waals surface area contributed by atoms with E-state index in [1.165, 1.54) is 12.1 Å². The minimum Gasteiger partial charge on any atom is -0.506 e. The van der Waals surface area contributed by atoms with Crippen molar-refractivity contribution in [1.29, 1.82) is 0 Å². The summed E-state index contributed by atoms with van der Waals surface area (Å²) in [5.74, 6) is -0.0939. The predicted octanol–water partition coefficient (Wildman–Crippen LogP) is 3.12. The molecule has 1 unspecified atom stereocenters. The highest BCUT2D eigenvalue weighted by molar-refractivity contribution is 5.92. The first-order valence-electron chi connectivity index (χ1n) is 9.98. The van der Waals surface area contributed by atoms with Crippen LogP contribution in [0.4, 0.5) is 5.69 Å². The van der Waals surface area contributed by atoms with Gasteiger partial charge in [0.1, 0.15) is 5.75 Å². The average molecular weight is 446 g/mol. The fraction of sp³-hybridized carbons (Fsp3) is 0.304. The number of pyridine rings is 1.